The van der Waals surface area contributed by atoms with E-state index in [0.29, 0.717) is 31.6 Å². The number of hydrogen-bond donors (Lipinski definition) is 3. The number of phosphoric acid groups is 2. The topological polar surface area (TPSA) is 237 Å². The first-order chi connectivity index (χ1) is 53.4. The van der Waals surface area contributed by atoms with Gasteiger partial charge in [0.25, 0.3) is 0 Å². The summed E-state index contributed by atoms with van der Waals surface area (Å²) in [6, 6.07) is 0. The van der Waals surface area contributed by atoms with Crippen LogP contribution < -0.4 is 0 Å². The first kappa shape index (κ1) is 108. The summed E-state index contributed by atoms with van der Waals surface area (Å²) in [5.41, 5.74) is 0. The molecule has 0 heterocycles. The molecule has 110 heavy (non-hydrogen) atoms. The van der Waals surface area contributed by atoms with Gasteiger partial charge in [0.2, 0.25) is 0 Å². The summed E-state index contributed by atoms with van der Waals surface area (Å²) in [7, 11) is -9.93. The molecule has 0 fully saturated rings. The molecule has 0 radical (unpaired) electrons. The third kappa shape index (κ3) is 82.6. The zero-order chi connectivity index (χ0) is 80.6. The van der Waals surface area contributed by atoms with Gasteiger partial charge in [0.05, 0.1) is 26.4 Å². The Morgan fingerprint density at radius 2 is 0.464 bits per heavy atom. The predicted molar refractivity (Wildman–Crippen MR) is 455 cm³/mol. The van der Waals surface area contributed by atoms with Crippen LogP contribution in [-0.2, 0) is 65.4 Å². The molecule has 0 saturated heterocycles. The smallest absolute Gasteiger partial charge is 0.462 e. The third-order valence-corrected chi connectivity index (χ3v) is 23.7. The second-order valence-corrected chi connectivity index (χ2v) is 36.3. The van der Waals surface area contributed by atoms with Crippen LogP contribution in [0.2, 0.25) is 0 Å². The molecule has 6 atom stereocenters. The average molecular weight is 1610 g/mol. The molecule has 0 saturated carbocycles. The normalized spacial score (nSPS) is 14.0. The van der Waals surface area contributed by atoms with E-state index in [4.69, 9.17) is 37.0 Å². The zero-order valence-corrected chi connectivity index (χ0v) is 74.4. The van der Waals surface area contributed by atoms with Crippen LogP contribution >= 0.6 is 15.6 Å². The molecule has 0 aliphatic rings. The lowest BCUT2D eigenvalue weighted by molar-refractivity contribution is -0.161. The van der Waals surface area contributed by atoms with Crippen LogP contribution in [0.4, 0.5) is 0 Å². The Hall–Kier alpha value is -1.94. The van der Waals surface area contributed by atoms with Crippen molar-refractivity contribution in [2.75, 3.05) is 39.6 Å². The van der Waals surface area contributed by atoms with Crippen molar-refractivity contribution >= 4 is 39.5 Å². The Morgan fingerprint density at radius 3 is 0.691 bits per heavy atom. The highest BCUT2D eigenvalue weighted by atomic mass is 31.2. The fourth-order valence-corrected chi connectivity index (χ4v) is 15.9. The van der Waals surface area contributed by atoms with Crippen molar-refractivity contribution < 1.29 is 80.2 Å². The van der Waals surface area contributed by atoms with Crippen molar-refractivity contribution in [3.8, 4) is 0 Å². The van der Waals surface area contributed by atoms with Gasteiger partial charge in [0, 0.05) is 25.7 Å². The summed E-state index contributed by atoms with van der Waals surface area (Å²) < 4.78 is 69.0. The van der Waals surface area contributed by atoms with E-state index < -0.39 is 97.5 Å². The zero-order valence-electron chi connectivity index (χ0n) is 72.6. The largest absolute Gasteiger partial charge is 0.472 e. The minimum atomic E-state index is -4.97. The second kappa shape index (κ2) is 82.2. The number of hydrogen-bond acceptors (Lipinski definition) is 15. The number of aliphatic hydroxyl groups excluding tert-OH is 1. The van der Waals surface area contributed by atoms with Crippen molar-refractivity contribution in [2.45, 2.75) is 509 Å². The van der Waals surface area contributed by atoms with E-state index in [1.165, 1.54) is 302 Å². The number of carbonyl (C=O) groups is 4. The van der Waals surface area contributed by atoms with Gasteiger partial charge in [-0.3, -0.25) is 37.3 Å². The number of rotatable bonds is 90. The van der Waals surface area contributed by atoms with Crippen LogP contribution in [0.3, 0.4) is 0 Å². The molecular weight excluding hydrogens is 1430 g/mol. The maximum atomic E-state index is 13.2. The van der Waals surface area contributed by atoms with E-state index in [0.717, 1.165) is 102 Å². The SMILES string of the molecule is CCCCCCCCCCCCCCCCCCCCCCCCC(=O)O[C@H](COC(=O)CCCCCCCCCCCCCCCCCCCCCCC)COP(=O)(O)OC[C@@H](O)COP(=O)(O)OC[C@@H](COC(=O)CCCCCCCCC(C)C)OC(=O)CCCCCCCCCCCCCCCCC(C)CC. The van der Waals surface area contributed by atoms with E-state index in [1.54, 1.807) is 0 Å². The summed E-state index contributed by atoms with van der Waals surface area (Å²) in [6.07, 6.45) is 76.8. The lowest BCUT2D eigenvalue weighted by Crippen LogP contribution is -2.30. The summed E-state index contributed by atoms with van der Waals surface area (Å²) in [5.74, 6) is -0.576. The van der Waals surface area contributed by atoms with Gasteiger partial charge in [-0.15, -0.1) is 0 Å². The predicted octanol–water partition coefficient (Wildman–Crippen LogP) is 28.2. The van der Waals surface area contributed by atoms with Gasteiger partial charge in [-0.25, -0.2) is 9.13 Å². The Balaban J connectivity index is 5.19. The Morgan fingerprint density at radius 1 is 0.264 bits per heavy atom. The monoisotopic (exact) mass is 1610 g/mol. The molecule has 0 spiro atoms. The molecule has 19 heteroatoms. The highest BCUT2D eigenvalue weighted by molar-refractivity contribution is 7.47. The van der Waals surface area contributed by atoms with Crippen molar-refractivity contribution in [3.63, 3.8) is 0 Å². The summed E-state index contributed by atoms with van der Waals surface area (Å²) >= 11 is 0. The molecule has 0 aromatic rings. The molecule has 0 amide bonds. The van der Waals surface area contributed by atoms with E-state index in [1.807, 2.05) is 0 Å². The molecule has 0 bridgehead atoms. The van der Waals surface area contributed by atoms with Gasteiger partial charge in [0.15, 0.2) is 12.2 Å². The number of esters is 4. The lowest BCUT2D eigenvalue weighted by Gasteiger charge is -2.21. The first-order valence-corrected chi connectivity index (χ1v) is 50.0. The fraction of sp³-hybridized carbons (Fsp3) is 0.956. The third-order valence-electron chi connectivity index (χ3n) is 21.8. The number of carbonyl (C=O) groups excluding carboxylic acids is 4. The highest BCUT2D eigenvalue weighted by Crippen LogP contribution is 2.45. The Kier molecular flexibility index (Phi) is 80.7. The van der Waals surface area contributed by atoms with E-state index in [9.17, 15) is 43.2 Å². The summed E-state index contributed by atoms with van der Waals surface area (Å²) in [5, 5.41) is 10.7. The van der Waals surface area contributed by atoms with Crippen LogP contribution in [0.15, 0.2) is 0 Å². The molecule has 0 aliphatic heterocycles. The van der Waals surface area contributed by atoms with Gasteiger partial charge in [-0.05, 0) is 37.5 Å². The van der Waals surface area contributed by atoms with Crippen LogP contribution in [-0.4, -0.2) is 96.7 Å². The molecule has 0 aromatic heterocycles. The Bertz CT molecular complexity index is 2100. The number of unbranched alkanes of at least 4 members (excludes halogenated alkanes) is 59. The van der Waals surface area contributed by atoms with Gasteiger partial charge in [-0.1, -0.05) is 440 Å². The summed E-state index contributed by atoms with van der Waals surface area (Å²) in [6.45, 7) is 9.66. The number of aliphatic hydroxyl groups is 1. The lowest BCUT2D eigenvalue weighted by atomic mass is 9.99. The second-order valence-electron chi connectivity index (χ2n) is 33.4. The maximum Gasteiger partial charge on any atom is 0.472 e. The van der Waals surface area contributed by atoms with Gasteiger partial charge in [0.1, 0.15) is 19.3 Å². The van der Waals surface area contributed by atoms with Crippen LogP contribution in [0.25, 0.3) is 0 Å². The van der Waals surface area contributed by atoms with Gasteiger partial charge in [-0.2, -0.15) is 0 Å². The molecule has 0 aliphatic carbocycles. The maximum absolute atomic E-state index is 13.2. The van der Waals surface area contributed by atoms with Crippen LogP contribution in [0.1, 0.15) is 491 Å². The Labute approximate surface area is 677 Å². The molecule has 0 aromatic carbocycles. The number of phosphoric ester groups is 2. The van der Waals surface area contributed by atoms with Crippen molar-refractivity contribution in [1.29, 1.82) is 0 Å². The average Bonchev–Trinajstić information content (AvgIpc) is 0.897. The number of ether oxygens (including phenoxy) is 4. The molecule has 3 N–H and O–H groups in total. The highest BCUT2D eigenvalue weighted by Gasteiger charge is 2.31. The quantitative estimate of drug-likeness (QED) is 0.0222. The molecule has 17 nitrogen and oxygen atoms in total. The summed E-state index contributed by atoms with van der Waals surface area (Å²) in [4.78, 5) is 73.3. The minimum absolute atomic E-state index is 0.107. The van der Waals surface area contributed by atoms with Crippen molar-refractivity contribution in [3.05, 3.63) is 0 Å². The van der Waals surface area contributed by atoms with E-state index in [2.05, 4.69) is 41.5 Å². The minimum Gasteiger partial charge on any atom is -0.462 e. The molecule has 0 rings (SSSR count). The van der Waals surface area contributed by atoms with Gasteiger partial charge >= 0.3 is 39.5 Å². The fourth-order valence-electron chi connectivity index (χ4n) is 14.3. The molecular formula is C91H178O17P2. The van der Waals surface area contributed by atoms with Gasteiger partial charge < -0.3 is 33.8 Å². The standard InChI is InChI=1S/C91H178O17P2/c1-7-10-12-14-16-18-20-22-24-26-28-30-32-34-36-38-43-47-51-55-63-69-75-90(95)107-86(79-101-88(93)73-67-61-54-50-46-42-37-35-33-31-29-27-25-23-21-19-17-15-13-11-8-2)81-105-109(97,98)103-77-85(92)78-104-110(99,100)106-82-87(80-102-89(94)74-68-62-58-57-59-65-71-83(4)5)108-91(96)76-70-64-56-52-48-44-40-39-41-45-49-53-60-66-72-84(6)9-3/h83-87,92H,7-82H2,1-6H3,(H,97,98)(H,99,100)/t84?,85-,86-,87-/m1/s1. The van der Waals surface area contributed by atoms with Crippen LogP contribution in [0.5, 0.6) is 0 Å². The van der Waals surface area contributed by atoms with E-state index >= 15 is 0 Å². The van der Waals surface area contributed by atoms with E-state index in [-0.39, 0.29) is 25.7 Å². The van der Waals surface area contributed by atoms with Crippen molar-refractivity contribution in [2.24, 2.45) is 11.8 Å². The molecule has 3 unspecified atom stereocenters. The van der Waals surface area contributed by atoms with Crippen LogP contribution in [0, 0.1) is 11.8 Å². The first-order valence-electron chi connectivity index (χ1n) is 47.0. The molecule has 654 valence electrons. The van der Waals surface area contributed by atoms with Crippen molar-refractivity contribution in [1.82, 2.24) is 0 Å².